The highest BCUT2D eigenvalue weighted by molar-refractivity contribution is 5.87. The fraction of sp³-hybridized carbons (Fsp3) is 0.690. The second-order valence-electron chi connectivity index (χ2n) is 9.94. The van der Waals surface area contributed by atoms with E-state index in [1.54, 1.807) is 0 Å². The summed E-state index contributed by atoms with van der Waals surface area (Å²) in [5, 5.41) is 0. The fourth-order valence-electron chi connectivity index (χ4n) is 2.77. The summed E-state index contributed by atoms with van der Waals surface area (Å²) in [6.45, 7) is 10.0. The molecular formula is C29H42O19. The Hall–Kier alpha value is -4.81. The molecular weight excluding hydrogens is 652 g/mol. The number of rotatable bonds is 19. The largest absolute Gasteiger partial charge is 0.462 e. The molecule has 0 fully saturated rings. The summed E-state index contributed by atoms with van der Waals surface area (Å²) in [6, 6.07) is 0. The van der Waals surface area contributed by atoms with Crippen molar-refractivity contribution in [1.29, 1.82) is 0 Å². The Morgan fingerprint density at radius 1 is 0.354 bits per heavy atom. The highest BCUT2D eigenvalue weighted by Gasteiger charge is 2.33. The van der Waals surface area contributed by atoms with Crippen LogP contribution in [0.2, 0.25) is 0 Å². The average molecular weight is 695 g/mol. The quantitative estimate of drug-likeness (QED) is 0.0952. The maximum atomic E-state index is 12.4. The Kier molecular flexibility index (Phi) is 19.0. The molecule has 0 aliphatic carbocycles. The minimum Gasteiger partial charge on any atom is -0.462 e. The topological polar surface area (TPSA) is 246 Å². The van der Waals surface area contributed by atoms with Gasteiger partial charge in [-0.25, -0.2) is 38.4 Å². The van der Waals surface area contributed by atoms with Crippen molar-refractivity contribution in [3.8, 4) is 0 Å². The number of esters is 9. The van der Waals surface area contributed by atoms with Crippen molar-refractivity contribution in [2.45, 2.75) is 111 Å². The average Bonchev–Trinajstić information content (AvgIpc) is 3.01. The predicted octanol–water partition coefficient (Wildman–Crippen LogP) is -0.350. The molecule has 48 heavy (non-hydrogen) atoms. The molecule has 0 bridgehead atoms. The summed E-state index contributed by atoms with van der Waals surface area (Å²) in [6.07, 6.45) is -11.6. The highest BCUT2D eigenvalue weighted by atomic mass is 16.7. The van der Waals surface area contributed by atoms with E-state index < -0.39 is 103 Å². The Morgan fingerprint density at radius 3 is 0.792 bits per heavy atom. The van der Waals surface area contributed by atoms with Gasteiger partial charge in [0, 0.05) is 14.0 Å². The molecule has 0 aromatic heterocycles. The van der Waals surface area contributed by atoms with Crippen LogP contribution in [0.4, 0.5) is 0 Å². The lowest BCUT2D eigenvalue weighted by atomic mass is 10.3. The third-order valence-corrected chi connectivity index (χ3v) is 5.69. The van der Waals surface area contributed by atoms with Crippen LogP contribution < -0.4 is 0 Å². The fourth-order valence-corrected chi connectivity index (χ4v) is 2.77. The summed E-state index contributed by atoms with van der Waals surface area (Å²) in [5.74, 6) is -9.35. The molecule has 0 aliphatic heterocycles. The summed E-state index contributed by atoms with van der Waals surface area (Å²) >= 11 is 0. The van der Waals surface area contributed by atoms with E-state index in [-0.39, 0.29) is 13.2 Å². The number of hydrogen-bond acceptors (Lipinski definition) is 19. The molecule has 0 aromatic carbocycles. The highest BCUT2D eigenvalue weighted by Crippen LogP contribution is 2.10. The lowest BCUT2D eigenvalue weighted by Gasteiger charge is -2.21. The normalized spacial score (nSPS) is 15.6. The van der Waals surface area contributed by atoms with Crippen molar-refractivity contribution in [3.63, 3.8) is 0 Å². The maximum absolute atomic E-state index is 12.4. The summed E-state index contributed by atoms with van der Waals surface area (Å²) in [5.41, 5.74) is 0. The van der Waals surface area contributed by atoms with Crippen molar-refractivity contribution >= 4 is 53.7 Å². The van der Waals surface area contributed by atoms with E-state index in [2.05, 4.69) is 4.74 Å². The minimum atomic E-state index is -1.61. The molecule has 0 spiro atoms. The van der Waals surface area contributed by atoms with Gasteiger partial charge in [0.15, 0.2) is 48.8 Å². The SMILES string of the molecule is COC(C)C(=O)OC(C)C(=O)OC(C)C(=O)OC(C)C(=O)OC(C)C(=O)OC(C)C(=O)OC(C)C(=O)OC(C)C(=O)OCCOC(C)=O. The van der Waals surface area contributed by atoms with Crippen molar-refractivity contribution in [1.82, 2.24) is 0 Å². The number of hydrogen-bond donors (Lipinski definition) is 0. The van der Waals surface area contributed by atoms with Gasteiger partial charge in [0.2, 0.25) is 0 Å². The lowest BCUT2D eigenvalue weighted by Crippen LogP contribution is -2.39. The standard InChI is InChI=1S/C29H42O19/c1-13(39-10)23(32)43-15(3)25(34)45-17(5)27(36)47-19(7)29(38)48-20(8)28(37)46-18(6)26(35)44-16(4)24(33)42-14(2)22(31)41-12-11-40-21(9)30/h13-20H,11-12H2,1-10H3. The van der Waals surface area contributed by atoms with E-state index >= 15 is 0 Å². The molecule has 0 rings (SSSR count). The zero-order valence-corrected chi connectivity index (χ0v) is 28.3. The van der Waals surface area contributed by atoms with E-state index in [4.69, 9.17) is 42.6 Å². The molecule has 19 nitrogen and oxygen atoms in total. The second kappa shape index (κ2) is 21.1. The van der Waals surface area contributed by atoms with Gasteiger partial charge in [-0.1, -0.05) is 0 Å². The van der Waals surface area contributed by atoms with E-state index in [9.17, 15) is 43.2 Å². The first kappa shape index (κ1) is 43.2. The molecule has 8 unspecified atom stereocenters. The third-order valence-electron chi connectivity index (χ3n) is 5.69. The molecule has 0 amide bonds. The first-order chi connectivity index (χ1) is 22.2. The van der Waals surface area contributed by atoms with Crippen LogP contribution in [-0.2, 0) is 90.5 Å². The van der Waals surface area contributed by atoms with Crippen molar-refractivity contribution in [2.24, 2.45) is 0 Å². The van der Waals surface area contributed by atoms with Gasteiger partial charge < -0.3 is 47.4 Å². The van der Waals surface area contributed by atoms with Crippen LogP contribution in [0.1, 0.15) is 62.3 Å². The molecule has 0 heterocycles. The molecule has 19 heteroatoms. The molecule has 0 saturated carbocycles. The third kappa shape index (κ3) is 16.1. The molecule has 272 valence electrons. The molecule has 0 saturated heterocycles. The summed E-state index contributed by atoms with van der Waals surface area (Å²) < 4.78 is 48.3. The molecule has 0 aliphatic rings. The first-order valence-electron chi connectivity index (χ1n) is 14.5. The van der Waals surface area contributed by atoms with Crippen molar-refractivity contribution in [2.75, 3.05) is 20.3 Å². The minimum absolute atomic E-state index is 0.202. The lowest BCUT2D eigenvalue weighted by molar-refractivity contribution is -0.189. The predicted molar refractivity (Wildman–Crippen MR) is 153 cm³/mol. The Balaban J connectivity index is 4.75. The van der Waals surface area contributed by atoms with E-state index in [1.165, 1.54) is 34.8 Å². The zero-order chi connectivity index (χ0) is 37.3. The van der Waals surface area contributed by atoms with Gasteiger partial charge in [0.25, 0.3) is 0 Å². The van der Waals surface area contributed by atoms with E-state index in [1.807, 2.05) is 0 Å². The van der Waals surface area contributed by atoms with E-state index in [0.717, 1.165) is 34.6 Å². The van der Waals surface area contributed by atoms with E-state index in [0.29, 0.717) is 0 Å². The first-order valence-corrected chi connectivity index (χ1v) is 14.5. The van der Waals surface area contributed by atoms with Gasteiger partial charge >= 0.3 is 53.7 Å². The van der Waals surface area contributed by atoms with Gasteiger partial charge in [0.05, 0.1) is 0 Å². The van der Waals surface area contributed by atoms with Crippen molar-refractivity contribution < 1.29 is 90.5 Å². The summed E-state index contributed by atoms with van der Waals surface area (Å²) in [7, 11) is 1.26. The number of methoxy groups -OCH3 is 1. The van der Waals surface area contributed by atoms with Crippen LogP contribution in [0, 0.1) is 0 Å². The second-order valence-corrected chi connectivity index (χ2v) is 9.94. The number of ether oxygens (including phenoxy) is 10. The van der Waals surface area contributed by atoms with Crippen LogP contribution in [0.25, 0.3) is 0 Å². The van der Waals surface area contributed by atoms with Gasteiger partial charge in [-0.2, -0.15) is 0 Å². The monoisotopic (exact) mass is 694 g/mol. The van der Waals surface area contributed by atoms with Crippen LogP contribution >= 0.6 is 0 Å². The van der Waals surface area contributed by atoms with Crippen molar-refractivity contribution in [3.05, 3.63) is 0 Å². The van der Waals surface area contributed by atoms with Gasteiger partial charge in [-0.3, -0.25) is 4.79 Å². The molecule has 0 aromatic rings. The van der Waals surface area contributed by atoms with Crippen LogP contribution in [0.5, 0.6) is 0 Å². The Morgan fingerprint density at radius 2 is 0.562 bits per heavy atom. The number of carbonyl (C=O) groups excluding carboxylic acids is 9. The van der Waals surface area contributed by atoms with Crippen LogP contribution in [-0.4, -0.2) is 123 Å². The maximum Gasteiger partial charge on any atom is 0.347 e. The van der Waals surface area contributed by atoms with Gasteiger partial charge in [0.1, 0.15) is 13.2 Å². The Labute approximate surface area is 276 Å². The van der Waals surface area contributed by atoms with Gasteiger partial charge in [-0.05, 0) is 55.4 Å². The molecule has 8 atom stereocenters. The van der Waals surface area contributed by atoms with Gasteiger partial charge in [-0.15, -0.1) is 0 Å². The Bertz CT molecular complexity index is 1180. The summed E-state index contributed by atoms with van der Waals surface area (Å²) in [4.78, 5) is 108. The zero-order valence-electron chi connectivity index (χ0n) is 28.3. The molecule has 0 radical (unpaired) electrons. The molecule has 0 N–H and O–H groups in total. The van der Waals surface area contributed by atoms with Crippen LogP contribution in [0.15, 0.2) is 0 Å². The number of carbonyl (C=O) groups is 9. The smallest absolute Gasteiger partial charge is 0.347 e. The van der Waals surface area contributed by atoms with Crippen LogP contribution in [0.3, 0.4) is 0 Å².